The minimum absolute atomic E-state index is 0.00940. The van der Waals surface area contributed by atoms with E-state index >= 15 is 0 Å². The summed E-state index contributed by atoms with van der Waals surface area (Å²) >= 11 is 13.6. The average molecular weight is 424 g/mol. The Morgan fingerprint density at radius 1 is 1.12 bits per heavy atom. The number of rotatable bonds is 9. The van der Waals surface area contributed by atoms with Crippen molar-refractivity contribution in [2.75, 3.05) is 25.4 Å². The molecule has 3 nitrogen and oxygen atoms in total. The highest BCUT2D eigenvalue weighted by Crippen LogP contribution is 2.33. The third-order valence-corrected chi connectivity index (χ3v) is 9.34. The van der Waals surface area contributed by atoms with Gasteiger partial charge in [-0.15, -0.1) is 11.3 Å². The van der Waals surface area contributed by atoms with Crippen LogP contribution in [-0.4, -0.2) is 44.0 Å². The zero-order valence-electron chi connectivity index (χ0n) is 14.6. The van der Waals surface area contributed by atoms with Crippen LogP contribution in [0.3, 0.4) is 0 Å². The van der Waals surface area contributed by atoms with E-state index in [9.17, 15) is 8.42 Å². The van der Waals surface area contributed by atoms with Crippen LogP contribution in [-0.2, 0) is 16.3 Å². The first-order valence-electron chi connectivity index (χ1n) is 9.31. The lowest BCUT2D eigenvalue weighted by Crippen LogP contribution is -2.35. The summed E-state index contributed by atoms with van der Waals surface area (Å²) in [6.07, 6.45) is 8.45. The minimum atomic E-state index is -2.78. The molecule has 0 amide bonds. The van der Waals surface area contributed by atoms with Gasteiger partial charge in [0.15, 0.2) is 9.84 Å². The smallest absolute Gasteiger partial charge is 0.153 e. The Morgan fingerprint density at radius 2 is 1.84 bits per heavy atom. The quantitative estimate of drug-likeness (QED) is 0.556. The van der Waals surface area contributed by atoms with Crippen molar-refractivity contribution in [3.8, 4) is 0 Å². The van der Waals surface area contributed by atoms with Crippen LogP contribution in [0.25, 0.3) is 0 Å². The third-order valence-electron chi connectivity index (χ3n) is 5.43. The molecule has 2 heterocycles. The summed E-state index contributed by atoms with van der Waals surface area (Å²) in [7, 11) is -2.78. The van der Waals surface area contributed by atoms with Crippen molar-refractivity contribution in [1.29, 1.82) is 0 Å². The van der Waals surface area contributed by atoms with Gasteiger partial charge < -0.3 is 4.90 Å². The largest absolute Gasteiger partial charge is 0.303 e. The lowest BCUT2D eigenvalue weighted by atomic mass is 9.91. The summed E-state index contributed by atoms with van der Waals surface area (Å²) in [5.41, 5.74) is 1.19. The number of hydrogen-bond donors (Lipinski definition) is 0. The SMILES string of the molecule is O=S(=O)(CCCN1CCC(CCCc2cc(Cl)sc2Cl)CC1)C1CC1. The van der Waals surface area contributed by atoms with Gasteiger partial charge in [0.25, 0.3) is 0 Å². The Hall–Kier alpha value is 0.190. The average Bonchev–Trinajstić information content (AvgIpc) is 3.36. The number of piperidine rings is 1. The van der Waals surface area contributed by atoms with E-state index in [1.165, 1.54) is 36.2 Å². The van der Waals surface area contributed by atoms with Gasteiger partial charge in [-0.2, -0.15) is 0 Å². The van der Waals surface area contributed by atoms with Crippen LogP contribution in [0.2, 0.25) is 8.67 Å². The van der Waals surface area contributed by atoms with Crippen molar-refractivity contribution in [3.05, 3.63) is 20.3 Å². The minimum Gasteiger partial charge on any atom is -0.303 e. The second kappa shape index (κ2) is 8.92. The molecule has 7 heteroatoms. The Bertz CT molecular complexity index is 663. The molecule has 3 rings (SSSR count). The number of nitrogens with zero attached hydrogens (tertiary/aromatic N) is 1. The second-order valence-corrected chi connectivity index (χ2v) is 12.1. The van der Waals surface area contributed by atoms with Crippen LogP contribution in [0, 0.1) is 5.92 Å². The lowest BCUT2D eigenvalue weighted by molar-refractivity contribution is 0.178. The fourth-order valence-corrected chi connectivity index (χ4v) is 6.97. The highest BCUT2D eigenvalue weighted by molar-refractivity contribution is 7.92. The van der Waals surface area contributed by atoms with Crippen molar-refractivity contribution < 1.29 is 8.42 Å². The van der Waals surface area contributed by atoms with Gasteiger partial charge in [0.05, 0.1) is 19.7 Å². The number of hydrogen-bond acceptors (Lipinski definition) is 4. The van der Waals surface area contributed by atoms with Crippen molar-refractivity contribution in [2.24, 2.45) is 5.92 Å². The van der Waals surface area contributed by atoms with E-state index in [1.54, 1.807) is 0 Å². The van der Waals surface area contributed by atoms with E-state index in [0.717, 1.165) is 66.3 Å². The maximum absolute atomic E-state index is 11.9. The molecule has 0 radical (unpaired) electrons. The molecule has 1 aliphatic carbocycles. The van der Waals surface area contributed by atoms with Gasteiger partial charge in [-0.05, 0) is 82.1 Å². The number of aryl methyl sites for hydroxylation is 1. The Morgan fingerprint density at radius 3 is 2.44 bits per heavy atom. The molecule has 1 aliphatic heterocycles. The molecular weight excluding hydrogens is 397 g/mol. The molecule has 0 spiro atoms. The van der Waals surface area contributed by atoms with Gasteiger partial charge in [-0.1, -0.05) is 29.6 Å². The van der Waals surface area contributed by atoms with Crippen LogP contribution >= 0.6 is 34.5 Å². The van der Waals surface area contributed by atoms with Crippen LogP contribution in [0.1, 0.15) is 50.5 Å². The monoisotopic (exact) mass is 423 g/mol. The third kappa shape index (κ3) is 6.10. The first-order chi connectivity index (χ1) is 11.9. The molecule has 0 atom stereocenters. The van der Waals surface area contributed by atoms with E-state index < -0.39 is 9.84 Å². The zero-order valence-corrected chi connectivity index (χ0v) is 17.7. The van der Waals surface area contributed by atoms with E-state index in [0.29, 0.717) is 5.75 Å². The molecular formula is C18H27Cl2NO2S2. The molecule has 25 heavy (non-hydrogen) atoms. The van der Waals surface area contributed by atoms with E-state index in [2.05, 4.69) is 4.90 Å². The van der Waals surface area contributed by atoms with E-state index in [4.69, 9.17) is 23.2 Å². The van der Waals surface area contributed by atoms with Crippen LogP contribution < -0.4 is 0 Å². The highest BCUT2D eigenvalue weighted by Gasteiger charge is 2.35. The molecule has 0 aromatic carbocycles. The number of likely N-dealkylation sites (tertiary alicyclic amines) is 1. The van der Waals surface area contributed by atoms with Gasteiger partial charge in [0.2, 0.25) is 0 Å². The van der Waals surface area contributed by atoms with Crippen LogP contribution in [0.5, 0.6) is 0 Å². The van der Waals surface area contributed by atoms with Crippen molar-refractivity contribution >= 4 is 44.4 Å². The predicted octanol–water partition coefficient (Wildman–Crippen LogP) is 5.06. The first kappa shape index (κ1) is 19.9. The van der Waals surface area contributed by atoms with Crippen LogP contribution in [0.15, 0.2) is 6.07 Å². The summed E-state index contributed by atoms with van der Waals surface area (Å²) in [4.78, 5) is 2.44. The fraction of sp³-hybridized carbons (Fsp3) is 0.778. The summed E-state index contributed by atoms with van der Waals surface area (Å²) in [5.74, 6) is 1.17. The molecule has 0 bridgehead atoms. The molecule has 0 N–H and O–H groups in total. The van der Waals surface area contributed by atoms with Crippen molar-refractivity contribution in [1.82, 2.24) is 4.90 Å². The standard InChI is InChI=1S/C18H27Cl2NO2S2/c19-17-13-15(18(20)24-17)4-1-3-14-7-10-21(11-8-14)9-2-12-25(22,23)16-5-6-16/h13-14,16H,1-12H2. The number of halogens is 2. The number of sulfone groups is 1. The summed E-state index contributed by atoms with van der Waals surface area (Å²) in [6, 6.07) is 1.99. The predicted molar refractivity (Wildman–Crippen MR) is 108 cm³/mol. The van der Waals surface area contributed by atoms with E-state index in [1.807, 2.05) is 6.07 Å². The molecule has 2 aliphatic rings. The van der Waals surface area contributed by atoms with Crippen molar-refractivity contribution in [3.63, 3.8) is 0 Å². The maximum Gasteiger partial charge on any atom is 0.153 e. The van der Waals surface area contributed by atoms with Crippen LogP contribution in [0.4, 0.5) is 0 Å². The number of thiophene rings is 1. The zero-order chi connectivity index (χ0) is 17.9. The van der Waals surface area contributed by atoms with Gasteiger partial charge in [-0.3, -0.25) is 0 Å². The van der Waals surface area contributed by atoms with Gasteiger partial charge in [0.1, 0.15) is 0 Å². The topological polar surface area (TPSA) is 37.4 Å². The normalized spacial score (nSPS) is 20.2. The lowest BCUT2D eigenvalue weighted by Gasteiger charge is -2.32. The summed E-state index contributed by atoms with van der Waals surface area (Å²) < 4.78 is 25.4. The molecule has 1 saturated carbocycles. The molecule has 1 aromatic rings. The summed E-state index contributed by atoms with van der Waals surface area (Å²) in [5, 5.41) is -0.00940. The maximum atomic E-state index is 11.9. The molecule has 1 aromatic heterocycles. The Labute approximate surface area is 165 Å². The molecule has 2 fully saturated rings. The van der Waals surface area contributed by atoms with Gasteiger partial charge in [0, 0.05) is 0 Å². The molecule has 142 valence electrons. The summed E-state index contributed by atoms with van der Waals surface area (Å²) in [6.45, 7) is 3.15. The fourth-order valence-electron chi connectivity index (χ4n) is 3.71. The second-order valence-electron chi connectivity index (χ2n) is 7.45. The van der Waals surface area contributed by atoms with Gasteiger partial charge in [-0.25, -0.2) is 8.42 Å². The highest BCUT2D eigenvalue weighted by atomic mass is 35.5. The first-order valence-corrected chi connectivity index (χ1v) is 12.6. The van der Waals surface area contributed by atoms with E-state index in [-0.39, 0.29) is 5.25 Å². The van der Waals surface area contributed by atoms with Crippen molar-refractivity contribution in [2.45, 2.75) is 56.6 Å². The molecule has 0 unspecified atom stereocenters. The Balaban J connectivity index is 1.28. The van der Waals surface area contributed by atoms with Gasteiger partial charge >= 0.3 is 0 Å². The Kier molecular flexibility index (Phi) is 7.11. The molecule has 1 saturated heterocycles.